The Labute approximate surface area is 201 Å². The number of benzene rings is 1. The number of esters is 2. The van der Waals surface area contributed by atoms with Gasteiger partial charge in [0.15, 0.2) is 6.61 Å². The Hall–Kier alpha value is -3.21. The van der Waals surface area contributed by atoms with Gasteiger partial charge in [0.05, 0.1) is 28.0 Å². The smallest absolute Gasteiger partial charge is 0.329 e. The number of ether oxygens (including phenoxy) is 2. The number of amides is 2. The molecule has 1 fully saturated rings. The molecule has 0 saturated carbocycles. The number of piperidine rings is 1. The summed E-state index contributed by atoms with van der Waals surface area (Å²) >= 11 is 5.99. The number of rotatable bonds is 9. The Morgan fingerprint density at radius 3 is 2.38 bits per heavy atom. The van der Waals surface area contributed by atoms with Gasteiger partial charge in [0.1, 0.15) is 6.04 Å². The Morgan fingerprint density at radius 1 is 1.21 bits per heavy atom. The molecular formula is C22H28ClN3O8. The SMILES string of the molecule is CCOC(=O)C1CCN(C(=O)COC(=O)[C@@H](NC(=O)c2ccc([N+](=O)[O-])cc2Cl)C(C)C)CC1. The van der Waals surface area contributed by atoms with Crippen molar-refractivity contribution in [1.82, 2.24) is 10.2 Å². The maximum absolute atomic E-state index is 12.6. The molecule has 0 aromatic heterocycles. The minimum absolute atomic E-state index is 0.0359. The number of nitro groups is 1. The molecule has 11 nitrogen and oxygen atoms in total. The van der Waals surface area contributed by atoms with Crippen molar-refractivity contribution in [2.75, 3.05) is 26.3 Å². The highest BCUT2D eigenvalue weighted by molar-refractivity contribution is 6.34. The van der Waals surface area contributed by atoms with E-state index >= 15 is 0 Å². The van der Waals surface area contributed by atoms with E-state index in [0.717, 1.165) is 12.1 Å². The second-order valence-corrected chi connectivity index (χ2v) is 8.54. The summed E-state index contributed by atoms with van der Waals surface area (Å²) in [7, 11) is 0. The van der Waals surface area contributed by atoms with Gasteiger partial charge < -0.3 is 19.7 Å². The van der Waals surface area contributed by atoms with Gasteiger partial charge in [-0.25, -0.2) is 4.79 Å². The topological polar surface area (TPSA) is 145 Å². The van der Waals surface area contributed by atoms with Gasteiger partial charge in [-0.3, -0.25) is 24.5 Å². The van der Waals surface area contributed by atoms with Crippen LogP contribution in [0.5, 0.6) is 0 Å². The first kappa shape index (κ1) is 27.0. The largest absolute Gasteiger partial charge is 0.466 e. The molecule has 0 radical (unpaired) electrons. The van der Waals surface area contributed by atoms with Crippen molar-refractivity contribution < 1.29 is 33.6 Å². The molecule has 1 aliphatic rings. The highest BCUT2D eigenvalue weighted by Crippen LogP contribution is 2.23. The molecule has 34 heavy (non-hydrogen) atoms. The summed E-state index contributed by atoms with van der Waals surface area (Å²) in [4.78, 5) is 61.2. The summed E-state index contributed by atoms with van der Waals surface area (Å²) in [5, 5.41) is 13.2. The van der Waals surface area contributed by atoms with E-state index in [1.54, 1.807) is 20.8 Å². The molecule has 1 aliphatic heterocycles. The molecule has 12 heteroatoms. The maximum atomic E-state index is 12.6. The first-order chi connectivity index (χ1) is 16.0. The predicted molar refractivity (Wildman–Crippen MR) is 121 cm³/mol. The normalized spacial score (nSPS) is 14.9. The average Bonchev–Trinajstić information content (AvgIpc) is 2.80. The van der Waals surface area contributed by atoms with E-state index in [1.165, 1.54) is 11.0 Å². The quantitative estimate of drug-likeness (QED) is 0.311. The second kappa shape index (κ2) is 12.3. The Balaban J connectivity index is 1.91. The highest BCUT2D eigenvalue weighted by Gasteiger charge is 2.31. The third kappa shape index (κ3) is 7.14. The van der Waals surface area contributed by atoms with E-state index in [9.17, 15) is 29.3 Å². The number of hydrogen-bond acceptors (Lipinski definition) is 8. The van der Waals surface area contributed by atoms with Gasteiger partial charge in [0.2, 0.25) is 0 Å². The molecule has 1 aromatic carbocycles. The fourth-order valence-corrected chi connectivity index (χ4v) is 3.72. The van der Waals surface area contributed by atoms with Crippen LogP contribution in [0.25, 0.3) is 0 Å². The molecule has 0 unspecified atom stereocenters. The predicted octanol–water partition coefficient (Wildman–Crippen LogP) is 2.35. The third-order valence-electron chi connectivity index (χ3n) is 5.42. The van der Waals surface area contributed by atoms with Crippen molar-refractivity contribution in [1.29, 1.82) is 0 Å². The first-order valence-electron chi connectivity index (χ1n) is 10.9. The molecule has 1 N–H and O–H groups in total. The van der Waals surface area contributed by atoms with Gasteiger partial charge in [0, 0.05) is 25.2 Å². The van der Waals surface area contributed by atoms with E-state index in [-0.39, 0.29) is 34.1 Å². The van der Waals surface area contributed by atoms with Crippen LogP contribution in [0, 0.1) is 22.0 Å². The molecule has 2 rings (SSSR count). The van der Waals surface area contributed by atoms with Crippen molar-refractivity contribution >= 4 is 41.0 Å². The second-order valence-electron chi connectivity index (χ2n) is 8.13. The van der Waals surface area contributed by atoms with Crippen molar-refractivity contribution in [3.8, 4) is 0 Å². The van der Waals surface area contributed by atoms with Crippen LogP contribution in [-0.4, -0.2) is 65.9 Å². The zero-order valence-electron chi connectivity index (χ0n) is 19.2. The fraction of sp³-hybridized carbons (Fsp3) is 0.545. The summed E-state index contributed by atoms with van der Waals surface area (Å²) in [5.41, 5.74) is -0.308. The van der Waals surface area contributed by atoms with E-state index in [2.05, 4.69) is 5.32 Å². The third-order valence-corrected chi connectivity index (χ3v) is 5.73. The number of hydrogen-bond donors (Lipinski definition) is 1. The van der Waals surface area contributed by atoms with Crippen LogP contribution < -0.4 is 5.32 Å². The van der Waals surface area contributed by atoms with Gasteiger partial charge in [-0.2, -0.15) is 0 Å². The molecule has 1 atom stereocenters. The lowest BCUT2D eigenvalue weighted by atomic mass is 9.97. The van der Waals surface area contributed by atoms with Gasteiger partial charge in [-0.15, -0.1) is 0 Å². The Kier molecular flexibility index (Phi) is 9.79. The standard InChI is InChI=1S/C22H28ClN3O8/c1-4-33-21(29)14-7-9-25(10-8-14)18(27)12-34-22(30)19(13(2)3)24-20(28)16-6-5-15(26(31)32)11-17(16)23/h5-6,11,13-14,19H,4,7-10,12H2,1-3H3,(H,24,28)/t19-/m0/s1. The van der Waals surface area contributed by atoms with Crippen molar-refractivity contribution in [2.45, 2.75) is 39.7 Å². The van der Waals surface area contributed by atoms with E-state index in [1.807, 2.05) is 0 Å². The summed E-state index contributed by atoms with van der Waals surface area (Å²) in [6.07, 6.45) is 0.943. The van der Waals surface area contributed by atoms with Gasteiger partial charge in [-0.05, 0) is 31.7 Å². The monoisotopic (exact) mass is 497 g/mol. The summed E-state index contributed by atoms with van der Waals surface area (Å²) < 4.78 is 10.2. The van der Waals surface area contributed by atoms with Crippen LogP contribution in [-0.2, 0) is 23.9 Å². The molecule has 186 valence electrons. The number of likely N-dealkylation sites (tertiary alicyclic amines) is 1. The minimum atomic E-state index is -1.07. The van der Waals surface area contributed by atoms with Crippen LogP contribution in [0.15, 0.2) is 18.2 Å². The van der Waals surface area contributed by atoms with E-state index in [0.29, 0.717) is 32.5 Å². The van der Waals surface area contributed by atoms with Crippen LogP contribution in [0.2, 0.25) is 5.02 Å². The van der Waals surface area contributed by atoms with Crippen molar-refractivity contribution in [3.63, 3.8) is 0 Å². The lowest BCUT2D eigenvalue weighted by molar-refractivity contribution is -0.384. The number of non-ortho nitro benzene ring substituents is 1. The highest BCUT2D eigenvalue weighted by atomic mass is 35.5. The number of carbonyl (C=O) groups excluding carboxylic acids is 4. The first-order valence-corrected chi connectivity index (χ1v) is 11.3. The van der Waals surface area contributed by atoms with Crippen molar-refractivity contribution in [3.05, 3.63) is 38.9 Å². The lowest BCUT2D eigenvalue weighted by Gasteiger charge is -2.31. The number of halogens is 1. The minimum Gasteiger partial charge on any atom is -0.466 e. The van der Waals surface area contributed by atoms with Crippen LogP contribution in [0.4, 0.5) is 5.69 Å². The summed E-state index contributed by atoms with van der Waals surface area (Å²) in [6, 6.07) is 2.30. The number of nitrogens with zero attached hydrogens (tertiary/aromatic N) is 2. The molecule has 1 heterocycles. The fourth-order valence-electron chi connectivity index (χ4n) is 3.46. The van der Waals surface area contributed by atoms with E-state index < -0.39 is 35.4 Å². The maximum Gasteiger partial charge on any atom is 0.329 e. The zero-order chi connectivity index (χ0) is 25.4. The molecule has 0 aliphatic carbocycles. The van der Waals surface area contributed by atoms with Crippen LogP contribution in [0.1, 0.15) is 44.0 Å². The van der Waals surface area contributed by atoms with Crippen molar-refractivity contribution in [2.24, 2.45) is 11.8 Å². The Bertz CT molecular complexity index is 944. The zero-order valence-corrected chi connectivity index (χ0v) is 20.0. The molecular weight excluding hydrogens is 470 g/mol. The Morgan fingerprint density at radius 2 is 1.85 bits per heavy atom. The molecule has 0 bridgehead atoms. The van der Waals surface area contributed by atoms with Gasteiger partial charge in [0.25, 0.3) is 17.5 Å². The van der Waals surface area contributed by atoms with Crippen LogP contribution >= 0.6 is 11.6 Å². The van der Waals surface area contributed by atoms with E-state index in [4.69, 9.17) is 21.1 Å². The molecule has 1 aromatic rings. The van der Waals surface area contributed by atoms with Gasteiger partial charge >= 0.3 is 11.9 Å². The van der Waals surface area contributed by atoms with Crippen LogP contribution in [0.3, 0.4) is 0 Å². The summed E-state index contributed by atoms with van der Waals surface area (Å²) in [5.74, 6) is -2.80. The summed E-state index contributed by atoms with van der Waals surface area (Å²) in [6.45, 7) is 5.61. The number of nitrogens with one attached hydrogen (secondary N) is 1. The molecule has 0 spiro atoms. The molecule has 1 saturated heterocycles. The number of nitro benzene ring substituents is 1. The average molecular weight is 498 g/mol. The number of carbonyl (C=O) groups is 4. The van der Waals surface area contributed by atoms with Gasteiger partial charge in [-0.1, -0.05) is 25.4 Å². The molecule has 2 amide bonds. The lowest BCUT2D eigenvalue weighted by Crippen LogP contribution is -2.47.